The number of Topliss-reactive ketones (excluding diaryl/α,β-unsaturated/α-hetero) is 1. The molecule has 0 aromatic heterocycles. The largest absolute Gasteiger partial charge is 0.441 e. The molecule has 1 rings (SSSR count). The van der Waals surface area contributed by atoms with Crippen LogP contribution in [0.4, 0.5) is 9.18 Å². The van der Waals surface area contributed by atoms with Gasteiger partial charge in [-0.1, -0.05) is 12.1 Å². The van der Waals surface area contributed by atoms with E-state index in [0.717, 1.165) is 0 Å². The average molecular weight is 239 g/mol. The molecule has 0 radical (unpaired) electrons. The lowest BCUT2D eigenvalue weighted by Crippen LogP contribution is -2.32. The van der Waals surface area contributed by atoms with Crippen molar-refractivity contribution in [3.8, 4) is 0 Å². The SMILES string of the molecule is CC(C)NC(=O)OCC(=O)c1ccccc1F. The van der Waals surface area contributed by atoms with Crippen molar-refractivity contribution in [2.45, 2.75) is 19.9 Å². The Hall–Kier alpha value is -1.91. The van der Waals surface area contributed by atoms with Crippen molar-refractivity contribution in [3.05, 3.63) is 35.6 Å². The Kier molecular flexibility index (Phi) is 4.63. The van der Waals surface area contributed by atoms with E-state index in [1.807, 2.05) is 0 Å². The van der Waals surface area contributed by atoms with E-state index in [0.29, 0.717) is 0 Å². The molecular weight excluding hydrogens is 225 g/mol. The molecule has 92 valence electrons. The van der Waals surface area contributed by atoms with Gasteiger partial charge in [0, 0.05) is 6.04 Å². The van der Waals surface area contributed by atoms with E-state index in [4.69, 9.17) is 0 Å². The van der Waals surface area contributed by atoms with Gasteiger partial charge in [-0.05, 0) is 26.0 Å². The number of hydrogen-bond donors (Lipinski definition) is 1. The van der Waals surface area contributed by atoms with E-state index in [2.05, 4.69) is 10.1 Å². The second-order valence-corrected chi connectivity index (χ2v) is 3.78. The highest BCUT2D eigenvalue weighted by Crippen LogP contribution is 2.07. The highest BCUT2D eigenvalue weighted by atomic mass is 19.1. The summed E-state index contributed by atoms with van der Waals surface area (Å²) in [6, 6.07) is 5.48. The first-order valence-electron chi connectivity index (χ1n) is 5.21. The summed E-state index contributed by atoms with van der Waals surface area (Å²) in [6.07, 6.45) is -0.690. The summed E-state index contributed by atoms with van der Waals surface area (Å²) >= 11 is 0. The predicted octanol–water partition coefficient (Wildman–Crippen LogP) is 2.14. The monoisotopic (exact) mass is 239 g/mol. The minimum absolute atomic E-state index is 0.0777. The number of carbonyl (C=O) groups excluding carboxylic acids is 2. The quantitative estimate of drug-likeness (QED) is 0.819. The van der Waals surface area contributed by atoms with Gasteiger partial charge in [0.1, 0.15) is 5.82 Å². The van der Waals surface area contributed by atoms with Gasteiger partial charge in [-0.2, -0.15) is 0 Å². The zero-order valence-electron chi connectivity index (χ0n) is 9.70. The first-order valence-corrected chi connectivity index (χ1v) is 5.21. The van der Waals surface area contributed by atoms with Crippen LogP contribution in [-0.2, 0) is 4.74 Å². The fraction of sp³-hybridized carbons (Fsp3) is 0.333. The Bertz CT molecular complexity index is 418. The molecule has 0 aliphatic carbocycles. The molecule has 0 bridgehead atoms. The molecule has 1 N–H and O–H groups in total. The Morgan fingerprint density at radius 1 is 1.35 bits per heavy atom. The van der Waals surface area contributed by atoms with Crippen LogP contribution >= 0.6 is 0 Å². The number of carbonyl (C=O) groups is 2. The minimum atomic E-state index is -0.690. The van der Waals surface area contributed by atoms with E-state index >= 15 is 0 Å². The van der Waals surface area contributed by atoms with Gasteiger partial charge in [0.25, 0.3) is 0 Å². The molecule has 0 aliphatic heterocycles. The molecule has 0 unspecified atom stereocenters. The lowest BCUT2D eigenvalue weighted by atomic mass is 10.1. The van der Waals surface area contributed by atoms with Crippen molar-refractivity contribution in [2.75, 3.05) is 6.61 Å². The average Bonchev–Trinajstić information content (AvgIpc) is 2.25. The summed E-state index contributed by atoms with van der Waals surface area (Å²) < 4.78 is 17.9. The number of alkyl carbamates (subject to hydrolysis) is 1. The van der Waals surface area contributed by atoms with Crippen LogP contribution in [0.3, 0.4) is 0 Å². The topological polar surface area (TPSA) is 55.4 Å². The van der Waals surface area contributed by atoms with Gasteiger partial charge in [-0.3, -0.25) is 4.79 Å². The third-order valence-corrected chi connectivity index (χ3v) is 1.92. The first-order chi connectivity index (χ1) is 8.00. The number of rotatable bonds is 4. The number of amides is 1. The molecule has 0 atom stereocenters. The molecule has 0 saturated carbocycles. The van der Waals surface area contributed by atoms with Gasteiger partial charge in [0.15, 0.2) is 6.61 Å². The maximum atomic E-state index is 13.2. The lowest BCUT2D eigenvalue weighted by molar-refractivity contribution is 0.0836. The summed E-state index contributed by atoms with van der Waals surface area (Å²) in [5, 5.41) is 2.46. The molecular formula is C12H14FNO3. The number of nitrogens with one attached hydrogen (secondary N) is 1. The van der Waals surface area contributed by atoms with E-state index in [-0.39, 0.29) is 11.6 Å². The number of halogens is 1. The lowest BCUT2D eigenvalue weighted by Gasteiger charge is -2.08. The third-order valence-electron chi connectivity index (χ3n) is 1.92. The number of ether oxygens (including phenoxy) is 1. The summed E-state index contributed by atoms with van der Waals surface area (Å²) in [6.45, 7) is 3.05. The van der Waals surface area contributed by atoms with Crippen LogP contribution in [0.25, 0.3) is 0 Å². The second-order valence-electron chi connectivity index (χ2n) is 3.78. The number of ketones is 1. The Morgan fingerprint density at radius 3 is 2.59 bits per heavy atom. The van der Waals surface area contributed by atoms with E-state index in [1.165, 1.54) is 18.2 Å². The molecule has 4 nitrogen and oxygen atoms in total. The van der Waals surface area contributed by atoms with Crippen LogP contribution in [0, 0.1) is 5.82 Å². The van der Waals surface area contributed by atoms with E-state index in [1.54, 1.807) is 19.9 Å². The van der Waals surface area contributed by atoms with Crippen LogP contribution in [0.1, 0.15) is 24.2 Å². The van der Waals surface area contributed by atoms with Crippen LogP contribution < -0.4 is 5.32 Å². The Morgan fingerprint density at radius 2 is 2.00 bits per heavy atom. The van der Waals surface area contributed by atoms with Crippen LogP contribution in [0.15, 0.2) is 24.3 Å². The summed E-state index contributed by atoms with van der Waals surface area (Å²) in [5.41, 5.74) is -0.0788. The molecule has 0 heterocycles. The van der Waals surface area contributed by atoms with Gasteiger partial charge in [0.05, 0.1) is 5.56 Å². The van der Waals surface area contributed by atoms with Crippen LogP contribution in [-0.4, -0.2) is 24.5 Å². The number of hydrogen-bond acceptors (Lipinski definition) is 3. The zero-order chi connectivity index (χ0) is 12.8. The smallest absolute Gasteiger partial charge is 0.407 e. The van der Waals surface area contributed by atoms with E-state index in [9.17, 15) is 14.0 Å². The minimum Gasteiger partial charge on any atom is -0.441 e. The molecule has 0 fully saturated rings. The van der Waals surface area contributed by atoms with Crippen LogP contribution in [0.2, 0.25) is 0 Å². The molecule has 5 heteroatoms. The van der Waals surface area contributed by atoms with Crippen molar-refractivity contribution in [1.82, 2.24) is 5.32 Å². The summed E-state index contributed by atoms with van der Waals surface area (Å²) in [5.74, 6) is -1.19. The Labute approximate surface area is 98.8 Å². The van der Waals surface area contributed by atoms with Crippen molar-refractivity contribution in [1.29, 1.82) is 0 Å². The first kappa shape index (κ1) is 13.2. The van der Waals surface area contributed by atoms with Gasteiger partial charge in [-0.15, -0.1) is 0 Å². The third kappa shape index (κ3) is 4.22. The molecule has 1 amide bonds. The summed E-state index contributed by atoms with van der Waals surface area (Å²) in [7, 11) is 0. The fourth-order valence-electron chi connectivity index (χ4n) is 1.17. The molecule has 0 aliphatic rings. The van der Waals surface area contributed by atoms with Gasteiger partial charge >= 0.3 is 6.09 Å². The van der Waals surface area contributed by atoms with Crippen molar-refractivity contribution < 1.29 is 18.7 Å². The van der Waals surface area contributed by atoms with E-state index < -0.39 is 24.3 Å². The zero-order valence-corrected chi connectivity index (χ0v) is 9.70. The normalized spacial score (nSPS) is 10.1. The van der Waals surface area contributed by atoms with Gasteiger partial charge < -0.3 is 10.1 Å². The molecule has 1 aromatic carbocycles. The maximum Gasteiger partial charge on any atom is 0.407 e. The summed E-state index contributed by atoms with van der Waals surface area (Å²) in [4.78, 5) is 22.6. The predicted molar refractivity (Wildman–Crippen MR) is 60.4 cm³/mol. The molecule has 17 heavy (non-hydrogen) atoms. The van der Waals surface area contributed by atoms with Crippen molar-refractivity contribution in [3.63, 3.8) is 0 Å². The second kappa shape index (κ2) is 5.98. The number of benzene rings is 1. The fourth-order valence-corrected chi connectivity index (χ4v) is 1.17. The Balaban J connectivity index is 2.51. The van der Waals surface area contributed by atoms with Crippen LogP contribution in [0.5, 0.6) is 0 Å². The highest BCUT2D eigenvalue weighted by molar-refractivity contribution is 5.98. The van der Waals surface area contributed by atoms with Crippen molar-refractivity contribution in [2.24, 2.45) is 0 Å². The highest BCUT2D eigenvalue weighted by Gasteiger charge is 2.13. The van der Waals surface area contributed by atoms with Gasteiger partial charge in [-0.25, -0.2) is 9.18 Å². The molecule has 0 saturated heterocycles. The van der Waals surface area contributed by atoms with Gasteiger partial charge in [0.2, 0.25) is 5.78 Å². The maximum absolute atomic E-state index is 13.2. The van der Waals surface area contributed by atoms with Crippen molar-refractivity contribution >= 4 is 11.9 Å². The standard InChI is InChI=1S/C12H14FNO3/c1-8(2)14-12(16)17-7-11(15)9-5-3-4-6-10(9)13/h3-6,8H,7H2,1-2H3,(H,14,16). The molecule has 1 aromatic rings. The molecule has 0 spiro atoms.